The highest BCUT2D eigenvalue weighted by Gasteiger charge is 2.22. The molecule has 0 amide bonds. The number of carbonyl (C=O) groups excluding carboxylic acids is 1. The standard InChI is InChI=1S/C31H31N3O8S2/c1-36-23-14-13-21(27(39-4)29(23)41-6)22(34-42-26(35)15-12-19-10-8-7-9-11-19)18-43-31-33-32-30(44-31)20-16-24(37-2)28(40-5)25(17-20)38-3/h7-17H,18H2,1-6H3/b15-12+,34-22-. The van der Waals surface area contributed by atoms with Crippen LogP contribution in [0.3, 0.4) is 0 Å². The van der Waals surface area contributed by atoms with Gasteiger partial charge in [0.2, 0.25) is 11.5 Å². The number of ether oxygens (including phenoxy) is 6. The van der Waals surface area contributed by atoms with Crippen LogP contribution in [0.15, 0.2) is 70.2 Å². The van der Waals surface area contributed by atoms with Crippen LogP contribution in [-0.4, -0.2) is 70.3 Å². The predicted molar refractivity (Wildman–Crippen MR) is 170 cm³/mol. The fourth-order valence-corrected chi connectivity index (χ4v) is 5.84. The molecule has 0 aliphatic heterocycles. The molecule has 0 bridgehead atoms. The number of aromatic nitrogens is 2. The van der Waals surface area contributed by atoms with E-state index in [1.165, 1.54) is 50.5 Å². The molecule has 3 aromatic carbocycles. The van der Waals surface area contributed by atoms with E-state index in [-0.39, 0.29) is 5.75 Å². The van der Waals surface area contributed by atoms with Crippen molar-refractivity contribution in [2.24, 2.45) is 5.16 Å². The summed E-state index contributed by atoms with van der Waals surface area (Å²) in [6, 6.07) is 16.5. The molecule has 4 aromatic rings. The molecule has 1 heterocycles. The van der Waals surface area contributed by atoms with Gasteiger partial charge in [0, 0.05) is 23.0 Å². The first kappa shape index (κ1) is 32.2. The van der Waals surface area contributed by atoms with Crippen molar-refractivity contribution in [2.45, 2.75) is 4.34 Å². The zero-order valence-electron chi connectivity index (χ0n) is 25.0. The van der Waals surface area contributed by atoms with E-state index in [0.717, 1.165) is 11.1 Å². The van der Waals surface area contributed by atoms with E-state index in [4.69, 9.17) is 33.3 Å². The lowest BCUT2D eigenvalue weighted by atomic mass is 10.1. The van der Waals surface area contributed by atoms with Crippen molar-refractivity contribution in [3.05, 3.63) is 71.8 Å². The Balaban J connectivity index is 1.62. The van der Waals surface area contributed by atoms with E-state index in [2.05, 4.69) is 15.4 Å². The highest BCUT2D eigenvalue weighted by Crippen LogP contribution is 2.43. The number of oxime groups is 1. The molecule has 1 aromatic heterocycles. The summed E-state index contributed by atoms with van der Waals surface area (Å²) in [5.74, 6) is 2.33. The van der Waals surface area contributed by atoms with Crippen molar-refractivity contribution in [3.8, 4) is 45.1 Å². The first-order chi connectivity index (χ1) is 21.5. The molecule has 0 fully saturated rings. The first-order valence-electron chi connectivity index (χ1n) is 13.0. The number of methoxy groups -OCH3 is 6. The molecule has 0 N–H and O–H groups in total. The molecule has 0 unspecified atom stereocenters. The fourth-order valence-electron chi connectivity index (χ4n) is 4.06. The molecular weight excluding hydrogens is 606 g/mol. The van der Waals surface area contributed by atoms with E-state index >= 15 is 0 Å². The molecular formula is C31H31N3O8S2. The third-order valence-electron chi connectivity index (χ3n) is 6.12. The molecule has 0 radical (unpaired) electrons. The lowest BCUT2D eigenvalue weighted by Gasteiger charge is -2.16. The average molecular weight is 638 g/mol. The highest BCUT2D eigenvalue weighted by molar-refractivity contribution is 8.01. The van der Waals surface area contributed by atoms with Crippen LogP contribution in [0.2, 0.25) is 0 Å². The van der Waals surface area contributed by atoms with Crippen molar-refractivity contribution in [1.29, 1.82) is 0 Å². The predicted octanol–water partition coefficient (Wildman–Crippen LogP) is 6.01. The lowest BCUT2D eigenvalue weighted by Crippen LogP contribution is -2.10. The Morgan fingerprint density at radius 3 is 2.07 bits per heavy atom. The summed E-state index contributed by atoms with van der Waals surface area (Å²) in [6.45, 7) is 0. The van der Waals surface area contributed by atoms with Crippen molar-refractivity contribution in [3.63, 3.8) is 0 Å². The fraction of sp³-hybridized carbons (Fsp3) is 0.226. The number of thioether (sulfide) groups is 1. The quantitative estimate of drug-likeness (QED) is 0.0532. The highest BCUT2D eigenvalue weighted by atomic mass is 32.2. The second-order valence-electron chi connectivity index (χ2n) is 8.65. The van der Waals surface area contributed by atoms with E-state index in [1.807, 2.05) is 30.3 Å². The zero-order chi connectivity index (χ0) is 31.5. The largest absolute Gasteiger partial charge is 0.493 e. The maximum Gasteiger partial charge on any atom is 0.358 e. The average Bonchev–Trinajstić information content (AvgIpc) is 3.55. The molecule has 230 valence electrons. The Hall–Kier alpha value is -4.75. The smallest absolute Gasteiger partial charge is 0.358 e. The molecule has 44 heavy (non-hydrogen) atoms. The molecule has 0 aliphatic rings. The number of benzene rings is 3. The number of nitrogens with zero attached hydrogens (tertiary/aromatic N) is 3. The summed E-state index contributed by atoms with van der Waals surface area (Å²) in [4.78, 5) is 17.9. The first-order valence-corrected chi connectivity index (χ1v) is 14.8. The van der Waals surface area contributed by atoms with E-state index < -0.39 is 5.97 Å². The summed E-state index contributed by atoms with van der Waals surface area (Å²) >= 11 is 2.73. The molecule has 11 nitrogen and oxygen atoms in total. The second-order valence-corrected chi connectivity index (χ2v) is 10.9. The summed E-state index contributed by atoms with van der Waals surface area (Å²) in [7, 11) is 9.20. The minimum atomic E-state index is -0.642. The SMILES string of the molecule is COc1cc(-c2nnc(SC/C(=N/OC(=O)/C=C/c3ccccc3)c3ccc(OC)c(OC)c3OC)s2)cc(OC)c1OC. The van der Waals surface area contributed by atoms with Gasteiger partial charge in [0.25, 0.3) is 0 Å². The van der Waals surface area contributed by atoms with Gasteiger partial charge in [-0.05, 0) is 35.9 Å². The third-order valence-corrected chi connectivity index (χ3v) is 8.24. The minimum absolute atomic E-state index is 0.255. The van der Waals surface area contributed by atoms with Gasteiger partial charge in [-0.3, -0.25) is 0 Å². The summed E-state index contributed by atoms with van der Waals surface area (Å²) in [5, 5.41) is 13.6. The van der Waals surface area contributed by atoms with Gasteiger partial charge in [0.15, 0.2) is 27.3 Å². The monoisotopic (exact) mass is 637 g/mol. The Bertz CT molecular complexity index is 1620. The molecule has 0 atom stereocenters. The number of rotatable bonds is 14. The van der Waals surface area contributed by atoms with Gasteiger partial charge in [-0.1, -0.05) is 58.6 Å². The summed E-state index contributed by atoms with van der Waals surface area (Å²) < 4.78 is 33.7. The topological polar surface area (TPSA) is 120 Å². The van der Waals surface area contributed by atoms with Gasteiger partial charge in [-0.2, -0.15) is 0 Å². The van der Waals surface area contributed by atoms with E-state index in [1.54, 1.807) is 51.7 Å². The van der Waals surface area contributed by atoms with Crippen molar-refractivity contribution < 1.29 is 38.1 Å². The van der Waals surface area contributed by atoms with Crippen molar-refractivity contribution in [1.82, 2.24) is 10.2 Å². The van der Waals surface area contributed by atoms with Crippen LogP contribution < -0.4 is 28.4 Å². The van der Waals surface area contributed by atoms with Gasteiger partial charge >= 0.3 is 5.97 Å². The van der Waals surface area contributed by atoms with Crippen LogP contribution in [0.1, 0.15) is 11.1 Å². The Kier molecular flexibility index (Phi) is 11.4. The molecule has 0 saturated carbocycles. The van der Waals surface area contributed by atoms with Crippen LogP contribution in [0, 0.1) is 0 Å². The molecule has 0 saturated heterocycles. The van der Waals surface area contributed by atoms with Gasteiger partial charge in [0.05, 0.1) is 42.7 Å². The molecule has 0 aliphatic carbocycles. The van der Waals surface area contributed by atoms with E-state index in [0.29, 0.717) is 55.1 Å². The van der Waals surface area contributed by atoms with Gasteiger partial charge in [-0.25, -0.2) is 4.79 Å². The van der Waals surface area contributed by atoms with E-state index in [9.17, 15) is 4.79 Å². The van der Waals surface area contributed by atoms with Crippen LogP contribution in [-0.2, 0) is 9.63 Å². The van der Waals surface area contributed by atoms with Crippen molar-refractivity contribution in [2.75, 3.05) is 48.4 Å². The van der Waals surface area contributed by atoms with Crippen LogP contribution in [0.5, 0.6) is 34.5 Å². The van der Waals surface area contributed by atoms with Crippen LogP contribution in [0.25, 0.3) is 16.6 Å². The second kappa shape index (κ2) is 15.6. The summed E-state index contributed by atoms with van der Waals surface area (Å²) in [5.41, 5.74) is 2.55. The van der Waals surface area contributed by atoms with Gasteiger partial charge < -0.3 is 33.3 Å². The zero-order valence-corrected chi connectivity index (χ0v) is 26.6. The maximum atomic E-state index is 12.6. The number of hydrogen-bond acceptors (Lipinski definition) is 13. The van der Waals surface area contributed by atoms with Gasteiger partial charge in [-0.15, -0.1) is 10.2 Å². The van der Waals surface area contributed by atoms with Gasteiger partial charge in [0.1, 0.15) is 10.7 Å². The number of carbonyl (C=O) groups is 1. The van der Waals surface area contributed by atoms with Crippen LogP contribution >= 0.6 is 23.1 Å². The normalized spacial score (nSPS) is 11.3. The van der Waals surface area contributed by atoms with Crippen LogP contribution in [0.4, 0.5) is 0 Å². The Labute approximate surface area is 263 Å². The Morgan fingerprint density at radius 2 is 1.45 bits per heavy atom. The Morgan fingerprint density at radius 1 is 0.795 bits per heavy atom. The molecule has 4 rings (SSSR count). The summed E-state index contributed by atoms with van der Waals surface area (Å²) in [6.07, 6.45) is 2.96. The number of hydrogen-bond donors (Lipinski definition) is 0. The molecule has 13 heteroatoms. The third kappa shape index (κ3) is 7.60. The molecule has 0 spiro atoms. The lowest BCUT2D eigenvalue weighted by molar-refractivity contribution is -0.137. The minimum Gasteiger partial charge on any atom is -0.493 e. The maximum absolute atomic E-state index is 12.6. The van der Waals surface area contributed by atoms with Crippen molar-refractivity contribution >= 4 is 40.9 Å².